The third-order valence-electron chi connectivity index (χ3n) is 3.34. The van der Waals surface area contributed by atoms with Gasteiger partial charge in [0, 0.05) is 12.4 Å². The summed E-state index contributed by atoms with van der Waals surface area (Å²) in [6, 6.07) is 1.41. The van der Waals surface area contributed by atoms with Crippen LogP contribution in [0.15, 0.2) is 12.3 Å². The Kier molecular flexibility index (Phi) is 4.34. The molecular formula is C14H21N5O. The molecule has 0 aliphatic heterocycles. The van der Waals surface area contributed by atoms with Gasteiger partial charge in [-0.1, -0.05) is 19.8 Å². The van der Waals surface area contributed by atoms with Gasteiger partial charge in [-0.25, -0.2) is 4.98 Å². The standard InChI is InChI=1S/C14H21N5O/c1-4-5-6-12(15)14(20)17-10-7-11-9(2)18-19(3)13(11)16-8-10/h7-8,12H,4-6,15H2,1-3H3,(H,17,20). The smallest absolute Gasteiger partial charge is 0.241 e. The predicted molar refractivity (Wildman–Crippen MR) is 79.4 cm³/mol. The van der Waals surface area contributed by atoms with Crippen molar-refractivity contribution >= 4 is 22.6 Å². The molecule has 0 fully saturated rings. The number of amides is 1. The zero-order chi connectivity index (χ0) is 14.7. The number of nitrogens with two attached hydrogens (primary N) is 1. The van der Waals surface area contributed by atoms with Crippen LogP contribution in [0.1, 0.15) is 31.9 Å². The van der Waals surface area contributed by atoms with Crippen LogP contribution < -0.4 is 11.1 Å². The zero-order valence-corrected chi connectivity index (χ0v) is 12.2. The van der Waals surface area contributed by atoms with Crippen molar-refractivity contribution in [1.29, 1.82) is 0 Å². The van der Waals surface area contributed by atoms with Gasteiger partial charge in [0.1, 0.15) is 0 Å². The molecule has 0 saturated heterocycles. The zero-order valence-electron chi connectivity index (χ0n) is 12.2. The fraction of sp³-hybridized carbons (Fsp3) is 0.500. The highest BCUT2D eigenvalue weighted by Gasteiger charge is 2.14. The van der Waals surface area contributed by atoms with Gasteiger partial charge in [-0.2, -0.15) is 5.10 Å². The van der Waals surface area contributed by atoms with Crippen LogP contribution in [-0.2, 0) is 11.8 Å². The van der Waals surface area contributed by atoms with E-state index in [0.29, 0.717) is 12.1 Å². The average Bonchev–Trinajstić information content (AvgIpc) is 2.71. The third-order valence-corrected chi connectivity index (χ3v) is 3.34. The lowest BCUT2D eigenvalue weighted by atomic mass is 10.1. The lowest BCUT2D eigenvalue weighted by molar-refractivity contribution is -0.117. The van der Waals surface area contributed by atoms with E-state index in [9.17, 15) is 4.79 Å². The summed E-state index contributed by atoms with van der Waals surface area (Å²) in [6.45, 7) is 4.00. The van der Waals surface area contributed by atoms with E-state index in [1.165, 1.54) is 0 Å². The molecule has 6 heteroatoms. The van der Waals surface area contributed by atoms with Gasteiger partial charge in [-0.05, 0) is 19.4 Å². The number of carbonyl (C=O) groups is 1. The van der Waals surface area contributed by atoms with Crippen molar-refractivity contribution in [3.8, 4) is 0 Å². The first-order chi connectivity index (χ1) is 9.52. The van der Waals surface area contributed by atoms with E-state index >= 15 is 0 Å². The van der Waals surface area contributed by atoms with Gasteiger partial charge in [0.15, 0.2) is 5.65 Å². The number of aryl methyl sites for hydroxylation is 2. The van der Waals surface area contributed by atoms with E-state index in [1.54, 1.807) is 10.9 Å². The van der Waals surface area contributed by atoms with Gasteiger partial charge >= 0.3 is 0 Å². The third kappa shape index (κ3) is 2.96. The number of fused-ring (bicyclic) bond motifs is 1. The molecule has 1 atom stereocenters. The number of hydrogen-bond donors (Lipinski definition) is 2. The molecule has 3 N–H and O–H groups in total. The maximum Gasteiger partial charge on any atom is 0.241 e. The van der Waals surface area contributed by atoms with E-state index < -0.39 is 6.04 Å². The van der Waals surface area contributed by atoms with Crippen molar-refractivity contribution < 1.29 is 4.79 Å². The average molecular weight is 275 g/mol. The number of pyridine rings is 1. The molecule has 1 unspecified atom stereocenters. The first-order valence-corrected chi connectivity index (χ1v) is 6.88. The van der Waals surface area contributed by atoms with Crippen LogP contribution in [0.3, 0.4) is 0 Å². The number of hydrogen-bond acceptors (Lipinski definition) is 4. The van der Waals surface area contributed by atoms with Crippen LogP contribution in [0.5, 0.6) is 0 Å². The molecule has 2 aromatic rings. The minimum atomic E-state index is -0.472. The van der Waals surface area contributed by atoms with Crippen LogP contribution >= 0.6 is 0 Å². The number of nitrogens with zero attached hydrogens (tertiary/aromatic N) is 3. The first-order valence-electron chi connectivity index (χ1n) is 6.88. The first kappa shape index (κ1) is 14.5. The minimum Gasteiger partial charge on any atom is -0.323 e. The molecular weight excluding hydrogens is 254 g/mol. The fourth-order valence-electron chi connectivity index (χ4n) is 2.17. The molecule has 0 radical (unpaired) electrons. The number of anilines is 1. The number of unbranched alkanes of at least 4 members (excludes halogenated alkanes) is 1. The Bertz CT molecular complexity index is 619. The number of carbonyl (C=O) groups excluding carboxylic acids is 1. The highest BCUT2D eigenvalue weighted by Crippen LogP contribution is 2.19. The Morgan fingerprint density at radius 1 is 1.55 bits per heavy atom. The molecule has 2 rings (SSSR count). The maximum absolute atomic E-state index is 12.0. The van der Waals surface area contributed by atoms with Crippen LogP contribution in [0, 0.1) is 6.92 Å². The van der Waals surface area contributed by atoms with E-state index in [0.717, 1.165) is 29.6 Å². The van der Waals surface area contributed by atoms with E-state index in [1.807, 2.05) is 20.0 Å². The highest BCUT2D eigenvalue weighted by molar-refractivity contribution is 5.96. The van der Waals surface area contributed by atoms with E-state index in [-0.39, 0.29) is 5.91 Å². The monoisotopic (exact) mass is 275 g/mol. The highest BCUT2D eigenvalue weighted by atomic mass is 16.2. The minimum absolute atomic E-state index is 0.166. The maximum atomic E-state index is 12.0. The van der Waals surface area contributed by atoms with Crippen molar-refractivity contribution in [2.45, 2.75) is 39.2 Å². The van der Waals surface area contributed by atoms with E-state index in [4.69, 9.17) is 5.73 Å². The number of rotatable bonds is 5. The normalized spacial score (nSPS) is 12.6. The summed E-state index contributed by atoms with van der Waals surface area (Å²) < 4.78 is 1.73. The summed E-state index contributed by atoms with van der Waals surface area (Å²) in [7, 11) is 1.85. The van der Waals surface area contributed by atoms with Crippen molar-refractivity contribution in [1.82, 2.24) is 14.8 Å². The lowest BCUT2D eigenvalue weighted by Gasteiger charge is -2.11. The quantitative estimate of drug-likeness (QED) is 0.870. The molecule has 0 bridgehead atoms. The van der Waals surface area contributed by atoms with Gasteiger partial charge in [0.2, 0.25) is 5.91 Å². The Hall–Kier alpha value is -1.95. The lowest BCUT2D eigenvalue weighted by Crippen LogP contribution is -2.35. The Labute approximate surface area is 118 Å². The molecule has 2 aromatic heterocycles. The predicted octanol–water partition coefficient (Wildman–Crippen LogP) is 1.73. The van der Waals surface area contributed by atoms with Crippen LogP contribution in [0.4, 0.5) is 5.69 Å². The second-order valence-corrected chi connectivity index (χ2v) is 5.04. The van der Waals surface area contributed by atoms with Gasteiger partial charge in [0.25, 0.3) is 0 Å². The van der Waals surface area contributed by atoms with E-state index in [2.05, 4.69) is 22.3 Å². The number of nitrogens with one attached hydrogen (secondary N) is 1. The summed E-state index contributed by atoms with van der Waals surface area (Å²) in [5.74, 6) is -0.166. The summed E-state index contributed by atoms with van der Waals surface area (Å²) in [6.07, 6.45) is 4.31. The molecule has 6 nitrogen and oxygen atoms in total. The SMILES string of the molecule is CCCCC(N)C(=O)Nc1cnc2c(c1)c(C)nn2C. The van der Waals surface area contributed by atoms with Crippen LogP contribution in [0.25, 0.3) is 11.0 Å². The molecule has 0 aliphatic carbocycles. The summed E-state index contributed by atoms with van der Waals surface area (Å²) >= 11 is 0. The second-order valence-electron chi connectivity index (χ2n) is 5.04. The van der Waals surface area contributed by atoms with Crippen molar-refractivity contribution in [3.63, 3.8) is 0 Å². The Morgan fingerprint density at radius 3 is 3.00 bits per heavy atom. The molecule has 2 heterocycles. The van der Waals surface area contributed by atoms with Gasteiger partial charge < -0.3 is 11.1 Å². The second kappa shape index (κ2) is 6.00. The Morgan fingerprint density at radius 2 is 2.30 bits per heavy atom. The molecule has 108 valence electrons. The summed E-state index contributed by atoms with van der Waals surface area (Å²) in [5.41, 5.74) is 8.20. The molecule has 0 saturated carbocycles. The van der Waals surface area contributed by atoms with Gasteiger partial charge in [-0.3, -0.25) is 9.48 Å². The fourth-order valence-corrected chi connectivity index (χ4v) is 2.17. The topological polar surface area (TPSA) is 85.8 Å². The number of aromatic nitrogens is 3. The molecule has 1 amide bonds. The summed E-state index contributed by atoms with van der Waals surface area (Å²) in [5, 5.41) is 8.06. The largest absolute Gasteiger partial charge is 0.323 e. The summed E-state index contributed by atoms with van der Waals surface area (Å²) in [4.78, 5) is 16.3. The van der Waals surface area contributed by atoms with Crippen molar-refractivity contribution in [2.24, 2.45) is 12.8 Å². The molecule has 20 heavy (non-hydrogen) atoms. The molecule has 0 spiro atoms. The van der Waals surface area contributed by atoms with Crippen molar-refractivity contribution in [2.75, 3.05) is 5.32 Å². The van der Waals surface area contributed by atoms with Crippen molar-refractivity contribution in [3.05, 3.63) is 18.0 Å². The molecule has 0 aromatic carbocycles. The van der Waals surface area contributed by atoms with Crippen LogP contribution in [-0.4, -0.2) is 26.7 Å². The van der Waals surface area contributed by atoms with Crippen LogP contribution in [0.2, 0.25) is 0 Å². The molecule has 0 aliphatic rings. The Balaban J connectivity index is 2.13. The van der Waals surface area contributed by atoms with Gasteiger partial charge in [0.05, 0.1) is 23.6 Å². The van der Waals surface area contributed by atoms with Gasteiger partial charge in [-0.15, -0.1) is 0 Å².